The van der Waals surface area contributed by atoms with Crippen molar-refractivity contribution in [2.24, 2.45) is 5.92 Å². The van der Waals surface area contributed by atoms with E-state index in [-0.39, 0.29) is 36.4 Å². The van der Waals surface area contributed by atoms with E-state index < -0.39 is 15.9 Å². The summed E-state index contributed by atoms with van der Waals surface area (Å²) in [5, 5.41) is 5.48. The first kappa shape index (κ1) is 20.4. The minimum absolute atomic E-state index is 0.112. The van der Waals surface area contributed by atoms with Gasteiger partial charge in [0.2, 0.25) is 15.9 Å². The van der Waals surface area contributed by atoms with Crippen molar-refractivity contribution < 1.29 is 27.2 Å². The number of nitrogens with one attached hydrogen (secondary N) is 2. The predicted octanol–water partition coefficient (Wildman–Crippen LogP) is 1.64. The number of fused-ring (bicyclic) bond motifs is 1. The molecule has 2 aliphatic heterocycles. The molecule has 9 nitrogen and oxygen atoms in total. The molecule has 2 aliphatic rings. The Morgan fingerprint density at radius 2 is 2.20 bits per heavy atom. The third kappa shape index (κ3) is 4.05. The fraction of sp³-hybridized carbons (Fsp3) is 0.400. The molecule has 2 aromatic rings. The molecule has 0 aliphatic carbocycles. The van der Waals surface area contributed by atoms with Gasteiger partial charge in [0, 0.05) is 19.2 Å². The number of hydrogen-bond donors (Lipinski definition) is 2. The number of rotatable bonds is 5. The summed E-state index contributed by atoms with van der Waals surface area (Å²) in [6, 6.07) is 6.55. The van der Waals surface area contributed by atoms with E-state index in [9.17, 15) is 18.0 Å². The fourth-order valence-corrected chi connectivity index (χ4v) is 5.49. The van der Waals surface area contributed by atoms with Gasteiger partial charge in [-0.15, -0.1) is 0 Å². The molecule has 0 spiro atoms. The van der Waals surface area contributed by atoms with E-state index in [1.165, 1.54) is 16.6 Å². The van der Waals surface area contributed by atoms with Crippen LogP contribution in [-0.2, 0) is 26.2 Å². The average Bonchev–Trinajstić information content (AvgIpc) is 3.25. The molecule has 2 amide bonds. The summed E-state index contributed by atoms with van der Waals surface area (Å²) in [6.45, 7) is 2.24. The topological polar surface area (TPSA) is 118 Å². The van der Waals surface area contributed by atoms with Gasteiger partial charge in [0.05, 0.1) is 29.3 Å². The number of amides is 2. The maximum absolute atomic E-state index is 13.3. The lowest BCUT2D eigenvalue weighted by Gasteiger charge is -2.32. The highest BCUT2D eigenvalue weighted by Crippen LogP contribution is 2.35. The summed E-state index contributed by atoms with van der Waals surface area (Å²) in [5.41, 5.74) is 0.959. The lowest BCUT2D eigenvalue weighted by atomic mass is 9.99. The van der Waals surface area contributed by atoms with Crippen molar-refractivity contribution in [3.63, 3.8) is 0 Å². The third-order valence-electron chi connectivity index (χ3n) is 5.30. The Bertz CT molecular complexity index is 1060. The molecule has 1 fully saturated rings. The summed E-state index contributed by atoms with van der Waals surface area (Å²) >= 11 is 0. The number of aryl methyl sites for hydroxylation is 1. The summed E-state index contributed by atoms with van der Waals surface area (Å²) in [5.74, 6) is 0.0531. The Morgan fingerprint density at radius 1 is 1.37 bits per heavy atom. The molecular weight excluding hydrogens is 410 g/mol. The van der Waals surface area contributed by atoms with Crippen LogP contribution in [0.4, 0.5) is 5.69 Å². The Balaban J connectivity index is 1.50. The van der Waals surface area contributed by atoms with Crippen LogP contribution in [-0.4, -0.2) is 44.2 Å². The van der Waals surface area contributed by atoms with Crippen LogP contribution in [0.5, 0.6) is 5.75 Å². The van der Waals surface area contributed by atoms with Gasteiger partial charge >= 0.3 is 0 Å². The first-order chi connectivity index (χ1) is 14.3. The molecule has 10 heteroatoms. The van der Waals surface area contributed by atoms with Crippen molar-refractivity contribution >= 4 is 27.5 Å². The van der Waals surface area contributed by atoms with Crippen LogP contribution in [0.3, 0.4) is 0 Å². The monoisotopic (exact) mass is 433 g/mol. The van der Waals surface area contributed by atoms with Gasteiger partial charge in [-0.2, -0.15) is 4.31 Å². The van der Waals surface area contributed by atoms with Crippen LogP contribution < -0.4 is 15.4 Å². The number of hydrogen-bond acceptors (Lipinski definition) is 6. The third-order valence-corrected chi connectivity index (χ3v) is 7.31. The number of piperidine rings is 1. The Labute approximate surface area is 174 Å². The van der Waals surface area contributed by atoms with Gasteiger partial charge in [-0.05, 0) is 43.5 Å². The zero-order chi connectivity index (χ0) is 21.3. The van der Waals surface area contributed by atoms with Crippen LogP contribution >= 0.6 is 0 Å². The molecule has 4 rings (SSSR count). The van der Waals surface area contributed by atoms with Crippen molar-refractivity contribution in [1.82, 2.24) is 9.62 Å². The quantitative estimate of drug-likeness (QED) is 0.740. The number of benzene rings is 1. The van der Waals surface area contributed by atoms with Crippen molar-refractivity contribution in [2.45, 2.75) is 31.2 Å². The summed E-state index contributed by atoms with van der Waals surface area (Å²) < 4.78 is 38.5. The highest BCUT2D eigenvalue weighted by atomic mass is 32.2. The van der Waals surface area contributed by atoms with E-state index in [1.54, 1.807) is 25.1 Å². The zero-order valence-electron chi connectivity index (χ0n) is 16.5. The molecule has 3 heterocycles. The molecule has 30 heavy (non-hydrogen) atoms. The van der Waals surface area contributed by atoms with E-state index in [0.717, 1.165) is 0 Å². The van der Waals surface area contributed by atoms with Gasteiger partial charge < -0.3 is 19.8 Å². The maximum atomic E-state index is 13.3. The van der Waals surface area contributed by atoms with E-state index >= 15 is 0 Å². The molecule has 2 N–H and O–H groups in total. The number of ether oxygens (including phenoxy) is 1. The number of sulfonamides is 1. The fourth-order valence-electron chi connectivity index (χ4n) is 3.74. The van der Waals surface area contributed by atoms with Crippen LogP contribution in [0, 0.1) is 12.8 Å². The summed E-state index contributed by atoms with van der Waals surface area (Å²) in [7, 11) is -3.82. The molecule has 1 aromatic carbocycles. The van der Waals surface area contributed by atoms with Gasteiger partial charge in [-0.25, -0.2) is 8.42 Å². The Kier molecular flexibility index (Phi) is 5.52. The standard InChI is InChI=1S/C20H23N3O6S/c1-13-8-16-17(29-12-19(24)22-16)9-18(13)30(26,27)23-6-2-4-14(11-23)20(25)21-10-15-5-3-7-28-15/h3,5,7-9,14H,2,4,6,10-12H2,1H3,(H,21,25)(H,22,24)/t14-/m0/s1. The summed E-state index contributed by atoms with van der Waals surface area (Å²) in [4.78, 5) is 24.2. The minimum atomic E-state index is -3.82. The van der Waals surface area contributed by atoms with Crippen LogP contribution in [0.15, 0.2) is 39.8 Å². The normalized spacial score (nSPS) is 19.5. The molecule has 1 saturated heterocycles. The second-order valence-corrected chi connectivity index (χ2v) is 9.36. The average molecular weight is 433 g/mol. The lowest BCUT2D eigenvalue weighted by molar-refractivity contribution is -0.126. The second-order valence-electron chi connectivity index (χ2n) is 7.45. The van der Waals surface area contributed by atoms with Crippen molar-refractivity contribution in [2.75, 3.05) is 25.0 Å². The van der Waals surface area contributed by atoms with Crippen molar-refractivity contribution in [3.05, 3.63) is 41.9 Å². The number of nitrogens with zero attached hydrogens (tertiary/aromatic N) is 1. The van der Waals surface area contributed by atoms with E-state index in [4.69, 9.17) is 9.15 Å². The first-order valence-electron chi connectivity index (χ1n) is 9.72. The Hall–Kier alpha value is -2.85. The second kappa shape index (κ2) is 8.11. The zero-order valence-corrected chi connectivity index (χ0v) is 17.3. The molecule has 1 atom stereocenters. The van der Waals surface area contributed by atoms with E-state index in [0.29, 0.717) is 42.1 Å². The van der Waals surface area contributed by atoms with Gasteiger partial charge in [-0.1, -0.05) is 0 Å². The molecule has 0 saturated carbocycles. The van der Waals surface area contributed by atoms with Gasteiger partial charge in [-0.3, -0.25) is 9.59 Å². The number of furan rings is 1. The molecule has 0 unspecified atom stereocenters. The molecule has 0 radical (unpaired) electrons. The van der Waals surface area contributed by atoms with Gasteiger partial charge in [0.25, 0.3) is 5.91 Å². The van der Waals surface area contributed by atoms with Gasteiger partial charge in [0.1, 0.15) is 11.5 Å². The highest BCUT2D eigenvalue weighted by molar-refractivity contribution is 7.89. The number of anilines is 1. The molecule has 1 aromatic heterocycles. The van der Waals surface area contributed by atoms with Crippen LogP contribution in [0.25, 0.3) is 0 Å². The van der Waals surface area contributed by atoms with Crippen LogP contribution in [0.2, 0.25) is 0 Å². The Morgan fingerprint density at radius 3 is 2.97 bits per heavy atom. The molecular formula is C20H23N3O6S. The summed E-state index contributed by atoms with van der Waals surface area (Å²) in [6.07, 6.45) is 2.75. The van der Waals surface area contributed by atoms with E-state index in [1.807, 2.05) is 0 Å². The van der Waals surface area contributed by atoms with Crippen molar-refractivity contribution in [3.8, 4) is 5.75 Å². The molecule has 160 valence electrons. The first-order valence-corrected chi connectivity index (χ1v) is 11.2. The number of carbonyl (C=O) groups is 2. The highest BCUT2D eigenvalue weighted by Gasteiger charge is 2.35. The predicted molar refractivity (Wildman–Crippen MR) is 107 cm³/mol. The van der Waals surface area contributed by atoms with Gasteiger partial charge in [0.15, 0.2) is 6.61 Å². The van der Waals surface area contributed by atoms with Crippen molar-refractivity contribution in [1.29, 1.82) is 0 Å². The number of carbonyl (C=O) groups excluding carboxylic acids is 2. The lowest BCUT2D eigenvalue weighted by Crippen LogP contribution is -2.45. The smallest absolute Gasteiger partial charge is 0.262 e. The largest absolute Gasteiger partial charge is 0.482 e. The van der Waals surface area contributed by atoms with E-state index in [2.05, 4.69) is 10.6 Å². The SMILES string of the molecule is Cc1cc2c(cc1S(=O)(=O)N1CCC[C@H](C(=O)NCc3ccco3)C1)OCC(=O)N2. The maximum Gasteiger partial charge on any atom is 0.262 e. The molecule has 0 bridgehead atoms. The van der Waals surface area contributed by atoms with Crippen LogP contribution in [0.1, 0.15) is 24.2 Å². The minimum Gasteiger partial charge on any atom is -0.482 e.